The molecule has 0 saturated heterocycles. The Balaban J connectivity index is 2.41. The predicted octanol–water partition coefficient (Wildman–Crippen LogP) is 2.41. The number of halogens is 1. The largest absolute Gasteiger partial charge is 0.481 e. The summed E-state index contributed by atoms with van der Waals surface area (Å²) >= 11 is 4.35. The molecule has 0 aliphatic rings. The van der Waals surface area contributed by atoms with E-state index in [1.807, 2.05) is 12.1 Å². The zero-order valence-corrected chi connectivity index (χ0v) is 12.8. The first-order valence-corrected chi connectivity index (χ1v) is 7.34. The van der Waals surface area contributed by atoms with Gasteiger partial charge in [-0.1, -0.05) is 27.7 Å². The molecule has 8 heteroatoms. The molecular formula is C12H10BrN3O3S. The average molecular weight is 356 g/mol. The number of aromatic nitrogens is 3. The van der Waals surface area contributed by atoms with Crippen LogP contribution in [0, 0.1) is 0 Å². The van der Waals surface area contributed by atoms with Gasteiger partial charge in [-0.3, -0.25) is 9.59 Å². The molecule has 2 aromatic rings. The number of Topliss-reactive ketones (excluding diaryl/α,β-unsaturated/α-hetero) is 1. The lowest BCUT2D eigenvalue weighted by Crippen LogP contribution is -2.03. The summed E-state index contributed by atoms with van der Waals surface area (Å²) in [6, 6.07) is 7.26. The Hall–Kier alpha value is -1.67. The molecule has 0 spiro atoms. The molecule has 0 atom stereocenters. The maximum atomic E-state index is 11.4. The van der Waals surface area contributed by atoms with Gasteiger partial charge in [-0.25, -0.2) is 4.68 Å². The molecule has 0 saturated carbocycles. The van der Waals surface area contributed by atoms with E-state index in [1.54, 1.807) is 12.1 Å². The molecule has 0 amide bonds. The Morgan fingerprint density at radius 1 is 1.35 bits per heavy atom. The number of carboxylic acids is 1. The van der Waals surface area contributed by atoms with Gasteiger partial charge in [0, 0.05) is 11.4 Å². The fourth-order valence-corrected chi connectivity index (χ4v) is 2.35. The maximum absolute atomic E-state index is 11.4. The number of carbonyl (C=O) groups is 2. The Labute approximate surface area is 127 Å². The highest BCUT2D eigenvalue weighted by atomic mass is 79.9. The van der Waals surface area contributed by atoms with E-state index in [0.29, 0.717) is 10.8 Å². The molecular weight excluding hydrogens is 346 g/mol. The predicted molar refractivity (Wildman–Crippen MR) is 77.4 cm³/mol. The molecule has 0 aliphatic carbocycles. The summed E-state index contributed by atoms with van der Waals surface area (Å²) in [5, 5.41) is 13.2. The topological polar surface area (TPSA) is 85.1 Å². The maximum Gasteiger partial charge on any atom is 0.313 e. The fraction of sp³-hybridized carbons (Fsp3) is 0.167. The quantitative estimate of drug-likeness (QED) is 0.654. The Morgan fingerprint density at radius 2 is 2.00 bits per heavy atom. The van der Waals surface area contributed by atoms with Crippen LogP contribution in [-0.4, -0.2) is 37.4 Å². The van der Waals surface area contributed by atoms with Crippen LogP contribution >= 0.6 is 27.7 Å². The van der Waals surface area contributed by atoms with E-state index in [0.717, 1.165) is 16.2 Å². The van der Waals surface area contributed by atoms with Crippen molar-refractivity contribution >= 4 is 39.4 Å². The molecule has 2 rings (SSSR count). The molecule has 1 N–H and O–H groups in total. The lowest BCUT2D eigenvalue weighted by atomic mass is 10.3. The number of thioether (sulfide) groups is 1. The van der Waals surface area contributed by atoms with Crippen molar-refractivity contribution in [1.29, 1.82) is 0 Å². The first-order chi connectivity index (χ1) is 9.47. The zero-order valence-electron chi connectivity index (χ0n) is 10.4. The van der Waals surface area contributed by atoms with Crippen LogP contribution in [0.3, 0.4) is 0 Å². The van der Waals surface area contributed by atoms with E-state index in [2.05, 4.69) is 26.0 Å². The summed E-state index contributed by atoms with van der Waals surface area (Å²) in [5.74, 6) is -1.30. The van der Waals surface area contributed by atoms with Gasteiger partial charge in [-0.2, -0.15) is 4.98 Å². The van der Waals surface area contributed by atoms with Crippen molar-refractivity contribution in [3.05, 3.63) is 34.6 Å². The van der Waals surface area contributed by atoms with Crippen LogP contribution in [0.25, 0.3) is 5.69 Å². The van der Waals surface area contributed by atoms with Crippen LogP contribution < -0.4 is 0 Å². The summed E-state index contributed by atoms with van der Waals surface area (Å²) in [6.45, 7) is 1.37. The number of carbonyl (C=O) groups excluding carboxylic acids is 1. The smallest absolute Gasteiger partial charge is 0.313 e. The monoisotopic (exact) mass is 355 g/mol. The minimum Gasteiger partial charge on any atom is -0.481 e. The molecule has 20 heavy (non-hydrogen) atoms. The number of benzene rings is 1. The number of carboxylic acid groups (broad SMARTS) is 1. The molecule has 0 aliphatic heterocycles. The third-order valence-corrected chi connectivity index (χ3v) is 3.73. The number of hydrogen-bond acceptors (Lipinski definition) is 5. The number of rotatable bonds is 5. The van der Waals surface area contributed by atoms with Crippen LogP contribution in [0.2, 0.25) is 0 Å². The van der Waals surface area contributed by atoms with Gasteiger partial charge in [-0.05, 0) is 24.3 Å². The Morgan fingerprint density at radius 3 is 2.55 bits per heavy atom. The van der Waals surface area contributed by atoms with Crippen LogP contribution in [0.5, 0.6) is 0 Å². The van der Waals surface area contributed by atoms with Gasteiger partial charge in [0.05, 0.1) is 11.4 Å². The normalized spacial score (nSPS) is 10.5. The summed E-state index contributed by atoms with van der Waals surface area (Å²) in [5.41, 5.74) is 0.709. The van der Waals surface area contributed by atoms with E-state index in [-0.39, 0.29) is 17.4 Å². The van der Waals surface area contributed by atoms with Gasteiger partial charge in [0.2, 0.25) is 5.82 Å². The minimum atomic E-state index is -0.954. The Kier molecular flexibility index (Phi) is 4.56. The van der Waals surface area contributed by atoms with E-state index in [9.17, 15) is 9.59 Å². The van der Waals surface area contributed by atoms with Crippen molar-refractivity contribution in [2.75, 3.05) is 5.75 Å². The molecule has 1 aromatic heterocycles. The van der Waals surface area contributed by atoms with Crippen LogP contribution in [-0.2, 0) is 4.79 Å². The van der Waals surface area contributed by atoms with Crippen LogP contribution in [0.15, 0.2) is 33.9 Å². The molecule has 0 radical (unpaired) electrons. The van der Waals surface area contributed by atoms with Gasteiger partial charge in [-0.15, -0.1) is 5.10 Å². The van der Waals surface area contributed by atoms with Crippen molar-refractivity contribution in [1.82, 2.24) is 14.8 Å². The van der Waals surface area contributed by atoms with Crippen LogP contribution in [0.4, 0.5) is 0 Å². The molecule has 6 nitrogen and oxygen atoms in total. The summed E-state index contributed by atoms with van der Waals surface area (Å²) in [4.78, 5) is 26.1. The molecule has 104 valence electrons. The number of aliphatic carboxylic acids is 1. The van der Waals surface area contributed by atoms with Gasteiger partial charge in [0.1, 0.15) is 0 Å². The molecule has 0 bridgehead atoms. The second-order valence-corrected chi connectivity index (χ2v) is 5.70. The van der Waals surface area contributed by atoms with Gasteiger partial charge in [0.15, 0.2) is 10.9 Å². The van der Waals surface area contributed by atoms with Gasteiger partial charge in [0.25, 0.3) is 0 Å². The van der Waals surface area contributed by atoms with E-state index >= 15 is 0 Å². The second kappa shape index (κ2) is 6.19. The second-order valence-electron chi connectivity index (χ2n) is 3.84. The SMILES string of the molecule is CC(=O)c1nc(SCC(=O)O)n(-c2ccc(Br)cc2)n1. The fourth-order valence-electron chi connectivity index (χ4n) is 1.42. The van der Waals surface area contributed by atoms with Gasteiger partial charge < -0.3 is 5.11 Å². The number of nitrogens with zero attached hydrogens (tertiary/aromatic N) is 3. The summed E-state index contributed by atoms with van der Waals surface area (Å²) in [7, 11) is 0. The van der Waals surface area contributed by atoms with Crippen molar-refractivity contribution in [2.24, 2.45) is 0 Å². The molecule has 0 fully saturated rings. The third-order valence-electron chi connectivity index (χ3n) is 2.29. The Bertz CT molecular complexity index is 654. The molecule has 0 unspecified atom stereocenters. The highest BCUT2D eigenvalue weighted by molar-refractivity contribution is 9.10. The summed E-state index contributed by atoms with van der Waals surface area (Å²) < 4.78 is 2.38. The van der Waals surface area contributed by atoms with Crippen molar-refractivity contribution in [2.45, 2.75) is 12.1 Å². The van der Waals surface area contributed by atoms with Crippen molar-refractivity contribution in [3.8, 4) is 5.69 Å². The van der Waals surface area contributed by atoms with E-state index in [4.69, 9.17) is 5.11 Å². The van der Waals surface area contributed by atoms with Crippen molar-refractivity contribution in [3.63, 3.8) is 0 Å². The molecule has 1 aromatic carbocycles. The average Bonchev–Trinajstić information content (AvgIpc) is 2.81. The lowest BCUT2D eigenvalue weighted by Gasteiger charge is -2.04. The van der Waals surface area contributed by atoms with Crippen molar-refractivity contribution < 1.29 is 14.7 Å². The summed E-state index contributed by atoms with van der Waals surface area (Å²) in [6.07, 6.45) is 0. The van der Waals surface area contributed by atoms with Gasteiger partial charge >= 0.3 is 5.97 Å². The highest BCUT2D eigenvalue weighted by Crippen LogP contribution is 2.21. The van der Waals surface area contributed by atoms with E-state index < -0.39 is 5.97 Å². The zero-order chi connectivity index (χ0) is 14.7. The lowest BCUT2D eigenvalue weighted by molar-refractivity contribution is -0.133. The third kappa shape index (κ3) is 3.45. The molecule has 1 heterocycles. The minimum absolute atomic E-state index is 0.0702. The van der Waals surface area contributed by atoms with Crippen LogP contribution in [0.1, 0.15) is 17.5 Å². The first-order valence-electron chi connectivity index (χ1n) is 5.56. The highest BCUT2D eigenvalue weighted by Gasteiger charge is 2.16. The number of hydrogen-bond donors (Lipinski definition) is 1. The number of ketones is 1. The standard InChI is InChI=1S/C12H10BrN3O3S/c1-7(17)11-14-12(20-6-10(18)19)16(15-11)9-4-2-8(13)3-5-9/h2-5H,6H2,1H3,(H,18,19). The first kappa shape index (κ1) is 14.7. The van der Waals surface area contributed by atoms with E-state index in [1.165, 1.54) is 11.6 Å².